The highest BCUT2D eigenvalue weighted by molar-refractivity contribution is 5.90. The minimum atomic E-state index is -0.413. The number of halogens is 2. The summed E-state index contributed by atoms with van der Waals surface area (Å²) >= 11 is 0. The van der Waals surface area contributed by atoms with Gasteiger partial charge in [-0.3, -0.25) is 14.4 Å². The molecule has 7 rings (SSSR count). The molecule has 0 spiro atoms. The van der Waals surface area contributed by atoms with E-state index >= 15 is 0 Å². The summed E-state index contributed by atoms with van der Waals surface area (Å²) < 4.78 is 33.3. The zero-order chi connectivity index (χ0) is 38.4. The van der Waals surface area contributed by atoms with Gasteiger partial charge in [-0.05, 0) is 57.8 Å². The van der Waals surface area contributed by atoms with E-state index in [1.807, 2.05) is 70.2 Å². The van der Waals surface area contributed by atoms with Gasteiger partial charge in [0.05, 0.1) is 39.7 Å². The number of carbonyl (C=O) groups is 1. The van der Waals surface area contributed by atoms with E-state index in [1.165, 1.54) is 18.3 Å². The summed E-state index contributed by atoms with van der Waals surface area (Å²) in [6.07, 6.45) is 5.23. The lowest BCUT2D eigenvalue weighted by atomic mass is 10.1. The summed E-state index contributed by atoms with van der Waals surface area (Å²) in [6, 6.07) is 15.8. The second-order valence-corrected chi connectivity index (χ2v) is 13.7. The molecule has 284 valence electrons. The number of fused-ring (bicyclic) bond motifs is 2. The van der Waals surface area contributed by atoms with Crippen molar-refractivity contribution in [1.29, 1.82) is 0 Å². The number of benzene rings is 3. The molecule has 2 aliphatic heterocycles. The monoisotopic (exact) mass is 739 g/mol. The van der Waals surface area contributed by atoms with Gasteiger partial charge in [-0.15, -0.1) is 0 Å². The van der Waals surface area contributed by atoms with Crippen LogP contribution in [0.4, 0.5) is 20.2 Å². The van der Waals surface area contributed by atoms with Crippen molar-refractivity contribution >= 4 is 45.7 Å². The predicted octanol–water partition coefficient (Wildman–Crippen LogP) is 5.19. The minimum absolute atomic E-state index is 0.0612. The van der Waals surface area contributed by atoms with E-state index in [0.29, 0.717) is 53.8 Å². The maximum Gasteiger partial charge on any atom is 0.199 e. The Morgan fingerprint density at radius 2 is 1.15 bits per heavy atom. The van der Waals surface area contributed by atoms with Crippen molar-refractivity contribution in [2.24, 2.45) is 5.16 Å². The van der Waals surface area contributed by atoms with Crippen molar-refractivity contribution in [2.75, 3.05) is 76.3 Å². The number of likely N-dealkylation sites (N-methyl/N-ethyl adjacent to an activating group) is 2. The molecule has 0 atom stereocenters. The molecule has 3 aromatic carbocycles. The van der Waals surface area contributed by atoms with E-state index < -0.39 is 11.2 Å². The molecule has 0 unspecified atom stereocenters. The largest absolute Gasteiger partial charge is 0.391 e. The van der Waals surface area contributed by atoms with Gasteiger partial charge < -0.3 is 33.6 Å². The van der Waals surface area contributed by atoms with Crippen molar-refractivity contribution < 1.29 is 18.4 Å². The Kier molecular flexibility index (Phi) is 12.2. The van der Waals surface area contributed by atoms with Crippen LogP contribution in [0, 0.1) is 11.6 Å². The molecule has 4 heterocycles. The van der Waals surface area contributed by atoms with E-state index in [1.54, 1.807) is 24.5 Å². The second kappa shape index (κ2) is 17.2. The SMILES string of the molecule is CCn1cc(/C=N/OCc2ccccc2)c(=O)c2cc(F)c(N3CCN(C)CC3)cc21.CCn1cc(C=O)c(=O)c2cc(F)c(N3CCN(C)CC3)cc21. The van der Waals surface area contributed by atoms with Crippen molar-refractivity contribution in [3.63, 3.8) is 0 Å². The summed E-state index contributed by atoms with van der Waals surface area (Å²) in [5.41, 5.74) is 3.21. The number of anilines is 2. The quantitative estimate of drug-likeness (QED) is 0.116. The molecule has 13 heteroatoms. The molecule has 2 aromatic heterocycles. The molecule has 0 N–H and O–H groups in total. The molecule has 5 aromatic rings. The number of pyridine rings is 2. The van der Waals surface area contributed by atoms with Crippen molar-refractivity contribution in [2.45, 2.75) is 33.5 Å². The van der Waals surface area contributed by atoms with Crippen molar-refractivity contribution in [3.05, 3.63) is 116 Å². The molecule has 54 heavy (non-hydrogen) atoms. The van der Waals surface area contributed by atoms with Crippen LogP contribution in [-0.4, -0.2) is 97.9 Å². The number of aryl methyl sites for hydroxylation is 2. The lowest BCUT2D eigenvalue weighted by Gasteiger charge is -2.34. The fourth-order valence-electron chi connectivity index (χ4n) is 6.90. The highest BCUT2D eigenvalue weighted by Crippen LogP contribution is 2.27. The van der Waals surface area contributed by atoms with Crippen LogP contribution in [0.1, 0.15) is 35.3 Å². The smallest absolute Gasteiger partial charge is 0.199 e. The maximum atomic E-state index is 15.0. The van der Waals surface area contributed by atoms with Gasteiger partial charge in [0.15, 0.2) is 17.1 Å². The number of carbonyl (C=O) groups excluding carboxylic acids is 1. The number of nitrogens with zero attached hydrogens (tertiary/aromatic N) is 7. The van der Waals surface area contributed by atoms with Gasteiger partial charge in [0.25, 0.3) is 0 Å². The van der Waals surface area contributed by atoms with Crippen molar-refractivity contribution in [3.8, 4) is 0 Å². The summed E-state index contributed by atoms with van der Waals surface area (Å²) in [5, 5.41) is 4.56. The molecule has 0 bridgehead atoms. The predicted molar refractivity (Wildman–Crippen MR) is 211 cm³/mol. The molecule has 0 radical (unpaired) electrons. The third-order valence-corrected chi connectivity index (χ3v) is 10.2. The molecule has 0 amide bonds. The fraction of sp³-hybridized carbons (Fsp3) is 0.366. The fourth-order valence-corrected chi connectivity index (χ4v) is 6.90. The topological polar surface area (TPSA) is 95.6 Å². The van der Waals surface area contributed by atoms with Crippen LogP contribution in [0.3, 0.4) is 0 Å². The lowest BCUT2D eigenvalue weighted by Crippen LogP contribution is -2.44. The Labute approximate surface area is 313 Å². The molecule has 11 nitrogen and oxygen atoms in total. The van der Waals surface area contributed by atoms with E-state index in [9.17, 15) is 23.2 Å². The lowest BCUT2D eigenvalue weighted by molar-refractivity contribution is 0.112. The van der Waals surface area contributed by atoms with Crippen LogP contribution >= 0.6 is 0 Å². The average Bonchev–Trinajstić information content (AvgIpc) is 3.19. The third kappa shape index (κ3) is 8.37. The summed E-state index contributed by atoms with van der Waals surface area (Å²) in [5.74, 6) is -0.781. The molecular weight excluding hydrogens is 692 g/mol. The van der Waals surface area contributed by atoms with Gasteiger partial charge in [0, 0.05) is 88.6 Å². The molecule has 0 saturated carbocycles. The first-order valence-corrected chi connectivity index (χ1v) is 18.4. The van der Waals surface area contributed by atoms with Gasteiger partial charge in [0.2, 0.25) is 0 Å². The minimum Gasteiger partial charge on any atom is -0.391 e. The molecule has 2 fully saturated rings. The number of rotatable bonds is 9. The summed E-state index contributed by atoms with van der Waals surface area (Å²) in [7, 11) is 4.11. The zero-order valence-corrected chi connectivity index (χ0v) is 31.3. The highest BCUT2D eigenvalue weighted by Gasteiger charge is 2.21. The van der Waals surface area contributed by atoms with Crippen LogP contribution < -0.4 is 20.7 Å². The highest BCUT2D eigenvalue weighted by atomic mass is 19.1. The van der Waals surface area contributed by atoms with E-state index in [-0.39, 0.29) is 22.2 Å². The van der Waals surface area contributed by atoms with Crippen LogP contribution in [-0.2, 0) is 24.5 Å². The Hall–Kier alpha value is -5.40. The standard InChI is InChI=1S/C24H27FN4O2.C17H20FN3O2/c1-3-28-16-19(15-26-31-17-18-7-5-4-6-8-18)24(30)20-13-21(25)23(14-22(20)28)29-11-9-27(2)10-12-29;1-3-20-10-12(11-22)17(23)13-8-14(18)16(9-15(13)20)21-6-4-19(2)5-7-21/h4-8,13-16H,3,9-12,17H2,1-2H3;8-11H,3-7H2,1-2H3/b26-15+;. The Balaban J connectivity index is 0.000000193. The number of hydrogen-bond acceptors (Lipinski definition) is 9. The van der Waals surface area contributed by atoms with E-state index in [0.717, 1.165) is 63.4 Å². The van der Waals surface area contributed by atoms with Gasteiger partial charge in [-0.2, -0.15) is 0 Å². The van der Waals surface area contributed by atoms with Gasteiger partial charge in [-0.1, -0.05) is 35.5 Å². The van der Waals surface area contributed by atoms with Crippen LogP contribution in [0.15, 0.2) is 81.7 Å². The van der Waals surface area contributed by atoms with Crippen LogP contribution in [0.25, 0.3) is 21.8 Å². The third-order valence-electron chi connectivity index (χ3n) is 10.2. The first-order chi connectivity index (χ1) is 26.1. The number of hydrogen-bond donors (Lipinski definition) is 0. The zero-order valence-electron chi connectivity index (χ0n) is 31.3. The van der Waals surface area contributed by atoms with Gasteiger partial charge in [-0.25, -0.2) is 8.78 Å². The van der Waals surface area contributed by atoms with Gasteiger partial charge in [0.1, 0.15) is 18.2 Å². The Bertz CT molecular complexity index is 2260. The molecule has 0 aliphatic carbocycles. The number of aldehydes is 1. The summed E-state index contributed by atoms with van der Waals surface area (Å²) in [6.45, 7) is 12.0. The van der Waals surface area contributed by atoms with Crippen molar-refractivity contribution in [1.82, 2.24) is 18.9 Å². The second-order valence-electron chi connectivity index (χ2n) is 13.7. The number of oxime groups is 1. The molecule has 2 aliphatic rings. The normalized spacial score (nSPS) is 15.5. The Morgan fingerprint density at radius 1 is 0.685 bits per heavy atom. The molecule has 2 saturated heterocycles. The first kappa shape index (κ1) is 38.3. The van der Waals surface area contributed by atoms with Crippen LogP contribution in [0.2, 0.25) is 0 Å². The number of aromatic nitrogens is 2. The summed E-state index contributed by atoms with van der Waals surface area (Å²) in [4.78, 5) is 50.1. The van der Waals surface area contributed by atoms with Crippen LogP contribution in [0.5, 0.6) is 0 Å². The average molecular weight is 740 g/mol. The maximum absolute atomic E-state index is 15.0. The Morgan fingerprint density at radius 3 is 1.61 bits per heavy atom. The molecular formula is C41H47F2N7O4. The van der Waals surface area contributed by atoms with E-state index in [4.69, 9.17) is 4.84 Å². The van der Waals surface area contributed by atoms with E-state index in [2.05, 4.69) is 22.0 Å². The first-order valence-electron chi connectivity index (χ1n) is 18.4. The number of piperazine rings is 2. The van der Waals surface area contributed by atoms with Gasteiger partial charge >= 0.3 is 0 Å².